The lowest BCUT2D eigenvalue weighted by Crippen LogP contribution is -2.76. The molecule has 3 N–H and O–H groups in total. The summed E-state index contributed by atoms with van der Waals surface area (Å²) in [5.74, 6) is 2.44. The van der Waals surface area contributed by atoms with Crippen LogP contribution in [-0.4, -0.2) is 30.2 Å². The van der Waals surface area contributed by atoms with E-state index in [0.717, 1.165) is 12.8 Å². The average Bonchev–Trinajstić information content (AvgIpc) is 2.37. The van der Waals surface area contributed by atoms with Gasteiger partial charge in [0.2, 0.25) is 5.91 Å². The third kappa shape index (κ3) is 2.77. The molecule has 3 atom stereocenters. The molecule has 1 saturated carbocycles. The van der Waals surface area contributed by atoms with Crippen LogP contribution in [0, 0.1) is 17.8 Å². The first kappa shape index (κ1) is 16.0. The Kier molecular flexibility index (Phi) is 5.00. The van der Waals surface area contributed by atoms with Crippen molar-refractivity contribution < 1.29 is 9.53 Å². The Morgan fingerprint density at radius 2 is 2.21 bits per heavy atom. The highest BCUT2D eigenvalue weighted by Gasteiger charge is 2.62. The van der Waals surface area contributed by atoms with Crippen LogP contribution < -0.4 is 11.1 Å². The fraction of sp³-hybridized carbons (Fsp3) is 0.800. The highest BCUT2D eigenvalue weighted by molar-refractivity contribution is 5.89. The molecule has 1 aliphatic rings. The maximum absolute atomic E-state index is 12.4. The van der Waals surface area contributed by atoms with Crippen LogP contribution in [0.4, 0.5) is 0 Å². The molecule has 3 unspecified atom stereocenters. The van der Waals surface area contributed by atoms with Gasteiger partial charge in [0.1, 0.15) is 5.54 Å². The Labute approximate surface area is 116 Å². The summed E-state index contributed by atoms with van der Waals surface area (Å²) in [6.45, 7) is 8.56. The largest absolute Gasteiger partial charge is 0.378 e. The molecule has 4 heteroatoms. The van der Waals surface area contributed by atoms with Gasteiger partial charge in [-0.1, -0.05) is 33.1 Å². The van der Waals surface area contributed by atoms with Gasteiger partial charge in [-0.05, 0) is 13.3 Å². The summed E-state index contributed by atoms with van der Waals surface area (Å²) in [4.78, 5) is 12.4. The van der Waals surface area contributed by atoms with Gasteiger partial charge in [-0.15, -0.1) is 6.42 Å². The van der Waals surface area contributed by atoms with E-state index < -0.39 is 5.54 Å². The van der Waals surface area contributed by atoms with Crippen molar-refractivity contribution in [3.05, 3.63) is 0 Å². The molecule has 0 radical (unpaired) electrons. The zero-order valence-electron chi connectivity index (χ0n) is 12.5. The van der Waals surface area contributed by atoms with E-state index in [1.807, 2.05) is 27.7 Å². The van der Waals surface area contributed by atoms with E-state index in [0.29, 0.717) is 13.0 Å². The molecule has 1 fully saturated rings. The summed E-state index contributed by atoms with van der Waals surface area (Å²) in [6.07, 6.45) is 7.70. The molecule has 0 bridgehead atoms. The van der Waals surface area contributed by atoms with Crippen molar-refractivity contribution in [1.29, 1.82) is 0 Å². The molecular weight excluding hydrogens is 240 g/mol. The van der Waals surface area contributed by atoms with E-state index in [4.69, 9.17) is 16.9 Å². The minimum Gasteiger partial charge on any atom is -0.378 e. The number of hydrogen-bond donors (Lipinski definition) is 2. The maximum atomic E-state index is 12.4. The van der Waals surface area contributed by atoms with Gasteiger partial charge >= 0.3 is 0 Å². The van der Waals surface area contributed by atoms with Gasteiger partial charge in [0.05, 0.1) is 12.1 Å². The Morgan fingerprint density at radius 1 is 1.58 bits per heavy atom. The standard InChI is InChI=1S/C15H26N2O2/c1-6-9-11(7-2)17-13(18)15(16)10-12(19-8-3)14(15,4)5/h2,11-12H,6,8-10,16H2,1,3-5H3,(H,17,18). The fourth-order valence-electron chi connectivity index (χ4n) is 2.59. The number of rotatable bonds is 6. The van der Waals surface area contributed by atoms with Crippen molar-refractivity contribution in [1.82, 2.24) is 5.32 Å². The predicted molar refractivity (Wildman–Crippen MR) is 76.4 cm³/mol. The van der Waals surface area contributed by atoms with Crippen molar-refractivity contribution in [3.63, 3.8) is 0 Å². The summed E-state index contributed by atoms with van der Waals surface area (Å²) < 4.78 is 5.62. The molecule has 0 aromatic heterocycles. The predicted octanol–water partition coefficient (Wildman–Crippen LogP) is 1.44. The molecule has 0 spiro atoms. The lowest BCUT2D eigenvalue weighted by Gasteiger charge is -2.57. The van der Waals surface area contributed by atoms with E-state index in [-0.39, 0.29) is 23.5 Å². The summed E-state index contributed by atoms with van der Waals surface area (Å²) >= 11 is 0. The molecule has 0 aromatic rings. The van der Waals surface area contributed by atoms with Crippen LogP contribution in [0.25, 0.3) is 0 Å². The quantitative estimate of drug-likeness (QED) is 0.715. The van der Waals surface area contributed by atoms with Crippen molar-refractivity contribution >= 4 is 5.91 Å². The van der Waals surface area contributed by atoms with Crippen LogP contribution in [0.5, 0.6) is 0 Å². The van der Waals surface area contributed by atoms with Crippen molar-refractivity contribution in [2.24, 2.45) is 11.1 Å². The van der Waals surface area contributed by atoms with Crippen LogP contribution in [0.3, 0.4) is 0 Å². The van der Waals surface area contributed by atoms with Crippen LogP contribution in [-0.2, 0) is 9.53 Å². The number of ether oxygens (including phenoxy) is 1. The zero-order chi connectivity index (χ0) is 14.7. The van der Waals surface area contributed by atoms with Gasteiger partial charge in [0.25, 0.3) is 0 Å². The average molecular weight is 266 g/mol. The number of hydrogen-bond acceptors (Lipinski definition) is 3. The lowest BCUT2D eigenvalue weighted by atomic mass is 9.54. The van der Waals surface area contributed by atoms with Gasteiger partial charge in [0.15, 0.2) is 0 Å². The first-order chi connectivity index (χ1) is 8.83. The minimum absolute atomic E-state index is 0.0312. The second-order valence-electron chi connectivity index (χ2n) is 5.82. The molecule has 1 amide bonds. The van der Waals surface area contributed by atoms with E-state index in [2.05, 4.69) is 11.2 Å². The van der Waals surface area contributed by atoms with Crippen LogP contribution in [0.1, 0.15) is 47.0 Å². The van der Waals surface area contributed by atoms with Crippen molar-refractivity contribution in [2.75, 3.05) is 6.61 Å². The molecule has 0 saturated heterocycles. The summed E-state index contributed by atoms with van der Waals surface area (Å²) in [5, 5.41) is 2.87. The Bertz CT molecular complexity index is 373. The Hall–Kier alpha value is -1.05. The monoisotopic (exact) mass is 266 g/mol. The van der Waals surface area contributed by atoms with Gasteiger partial charge < -0.3 is 15.8 Å². The van der Waals surface area contributed by atoms with Gasteiger partial charge in [0, 0.05) is 18.4 Å². The highest BCUT2D eigenvalue weighted by Crippen LogP contribution is 2.49. The molecule has 0 heterocycles. The number of amides is 1. The normalized spacial score (nSPS) is 30.0. The number of carbonyl (C=O) groups excluding carboxylic acids is 1. The first-order valence-corrected chi connectivity index (χ1v) is 7.01. The molecule has 108 valence electrons. The fourth-order valence-corrected chi connectivity index (χ4v) is 2.59. The van der Waals surface area contributed by atoms with Crippen molar-refractivity contribution in [2.45, 2.75) is 64.6 Å². The third-order valence-electron chi connectivity index (χ3n) is 4.32. The van der Waals surface area contributed by atoms with Crippen LogP contribution in [0.15, 0.2) is 0 Å². The number of carbonyl (C=O) groups is 1. The molecule has 1 aliphatic carbocycles. The maximum Gasteiger partial charge on any atom is 0.241 e. The van der Waals surface area contributed by atoms with Crippen molar-refractivity contribution in [3.8, 4) is 12.3 Å². The smallest absolute Gasteiger partial charge is 0.241 e. The van der Waals surface area contributed by atoms with E-state index >= 15 is 0 Å². The minimum atomic E-state index is -0.893. The Balaban J connectivity index is 2.70. The molecule has 0 aliphatic heterocycles. The number of nitrogens with two attached hydrogens (primary N) is 1. The number of nitrogens with one attached hydrogen (secondary N) is 1. The first-order valence-electron chi connectivity index (χ1n) is 7.01. The molecular formula is C15H26N2O2. The van der Waals surface area contributed by atoms with E-state index in [9.17, 15) is 4.79 Å². The van der Waals surface area contributed by atoms with E-state index in [1.165, 1.54) is 0 Å². The molecule has 4 nitrogen and oxygen atoms in total. The molecule has 19 heavy (non-hydrogen) atoms. The third-order valence-corrected chi connectivity index (χ3v) is 4.32. The van der Waals surface area contributed by atoms with Gasteiger partial charge in [-0.2, -0.15) is 0 Å². The van der Waals surface area contributed by atoms with Gasteiger partial charge in [-0.3, -0.25) is 4.79 Å². The summed E-state index contributed by atoms with van der Waals surface area (Å²) in [5.41, 5.74) is 5.01. The van der Waals surface area contributed by atoms with Crippen LogP contribution in [0.2, 0.25) is 0 Å². The Morgan fingerprint density at radius 3 is 2.63 bits per heavy atom. The second-order valence-corrected chi connectivity index (χ2v) is 5.82. The summed E-state index contributed by atoms with van der Waals surface area (Å²) in [7, 11) is 0. The highest BCUT2D eigenvalue weighted by atomic mass is 16.5. The molecule has 1 rings (SSSR count). The van der Waals surface area contributed by atoms with E-state index in [1.54, 1.807) is 0 Å². The molecule has 0 aromatic carbocycles. The van der Waals surface area contributed by atoms with Gasteiger partial charge in [-0.25, -0.2) is 0 Å². The van der Waals surface area contributed by atoms with Crippen LogP contribution >= 0.6 is 0 Å². The SMILES string of the molecule is C#CC(CCC)NC(=O)C1(N)CC(OCC)C1(C)C. The number of terminal acetylenes is 1. The zero-order valence-corrected chi connectivity index (χ0v) is 12.5. The topological polar surface area (TPSA) is 64.4 Å². The summed E-state index contributed by atoms with van der Waals surface area (Å²) in [6, 6.07) is -0.236. The lowest BCUT2D eigenvalue weighted by molar-refractivity contribution is -0.170. The second kappa shape index (κ2) is 5.94.